The van der Waals surface area contributed by atoms with Gasteiger partial charge in [-0.1, -0.05) is 50.4 Å². The highest BCUT2D eigenvalue weighted by molar-refractivity contribution is 8.02. The van der Waals surface area contributed by atoms with Gasteiger partial charge in [-0.05, 0) is 50.2 Å². The van der Waals surface area contributed by atoms with Crippen LogP contribution in [-0.4, -0.2) is 63.5 Å². The Labute approximate surface area is 223 Å². The fraction of sp³-hybridized carbons (Fsp3) is 0.667. The molecule has 1 aromatic carbocycles. The fourth-order valence-corrected chi connectivity index (χ4v) is 9.15. The van der Waals surface area contributed by atoms with Gasteiger partial charge in [-0.15, -0.1) is 11.8 Å². The lowest BCUT2D eigenvalue weighted by Gasteiger charge is -2.38. The summed E-state index contributed by atoms with van der Waals surface area (Å²) in [6.07, 6.45) is 4.86. The number of unbranched alkanes of at least 4 members (excludes halogenated alkanes) is 3. The molecule has 9 heteroatoms. The number of rotatable bonds is 11. The van der Waals surface area contributed by atoms with Gasteiger partial charge in [0.2, 0.25) is 17.7 Å². The molecule has 3 N–H and O–H groups in total. The van der Waals surface area contributed by atoms with Crippen LogP contribution in [0.3, 0.4) is 0 Å². The summed E-state index contributed by atoms with van der Waals surface area (Å²) in [5, 5.41) is 15.7. The summed E-state index contributed by atoms with van der Waals surface area (Å²) in [4.78, 5) is 43.0. The molecule has 0 radical (unpaired) electrons. The molecule has 7 nitrogen and oxygen atoms in total. The Morgan fingerprint density at radius 2 is 1.97 bits per heavy atom. The van der Waals surface area contributed by atoms with Crippen LogP contribution < -0.4 is 10.6 Å². The lowest BCUT2D eigenvalue weighted by atomic mass is 9.66. The van der Waals surface area contributed by atoms with Crippen LogP contribution in [0.5, 0.6) is 0 Å². The number of carbonyl (C=O) groups excluding carboxylic acids is 3. The molecule has 3 saturated heterocycles. The van der Waals surface area contributed by atoms with Gasteiger partial charge in [-0.3, -0.25) is 14.4 Å². The third-order valence-corrected chi connectivity index (χ3v) is 10.5. The first kappa shape index (κ1) is 27.3. The summed E-state index contributed by atoms with van der Waals surface area (Å²) < 4.78 is -0.639. The largest absolute Gasteiger partial charge is 0.396 e. The van der Waals surface area contributed by atoms with Crippen LogP contribution in [-0.2, 0) is 14.4 Å². The summed E-state index contributed by atoms with van der Waals surface area (Å²) in [6.45, 7) is 7.23. The van der Waals surface area contributed by atoms with Crippen molar-refractivity contribution >= 4 is 46.8 Å². The highest BCUT2D eigenvalue weighted by Crippen LogP contribution is 2.68. The minimum absolute atomic E-state index is 0.0369. The van der Waals surface area contributed by atoms with Crippen LogP contribution in [0.2, 0.25) is 5.02 Å². The number of halogens is 1. The Balaban J connectivity index is 1.67. The van der Waals surface area contributed by atoms with E-state index in [0.29, 0.717) is 23.8 Å². The molecule has 3 aliphatic rings. The normalized spacial score (nSPS) is 30.5. The quantitative estimate of drug-likeness (QED) is 0.372. The molecule has 1 aromatic rings. The van der Waals surface area contributed by atoms with E-state index in [1.807, 2.05) is 26.0 Å². The molecule has 4 rings (SSSR count). The molecule has 3 aliphatic heterocycles. The highest BCUT2D eigenvalue weighted by Gasteiger charge is 2.75. The van der Waals surface area contributed by atoms with Crippen molar-refractivity contribution in [2.24, 2.45) is 17.8 Å². The van der Waals surface area contributed by atoms with Crippen LogP contribution in [0.4, 0.5) is 5.69 Å². The standard InChI is InChI=1S/C27H38ClN3O4S/c1-4-12-29-24(33)20-19-15-17(3)27(36-19)21(20)26(35)31(13-7-5-6-8-14-32)23(27)25(34)30-22-16(2)10-9-11-18(22)28/h9-11,17,19-21,23,32H,4-8,12-15H2,1-3H3,(H,29,33)(H,30,34)/t17?,19-,20+,21+,23?,27?/m1/s1. The molecule has 1 spiro atoms. The van der Waals surface area contributed by atoms with E-state index >= 15 is 0 Å². The minimum Gasteiger partial charge on any atom is -0.396 e. The van der Waals surface area contributed by atoms with E-state index in [2.05, 4.69) is 17.6 Å². The Hall–Kier alpha value is -1.77. The number of hydrogen-bond donors (Lipinski definition) is 3. The Bertz CT molecular complexity index is 987. The number of para-hydroxylation sites is 1. The SMILES string of the molecule is CCCNC(=O)[C@@H]1[C@H]2C(=O)N(CCCCCCO)C(C(=O)Nc3c(C)cccc3Cl)C23S[C@@H]1CC3C. The lowest BCUT2D eigenvalue weighted by Crippen LogP contribution is -2.55. The second-order valence-electron chi connectivity index (χ2n) is 10.4. The summed E-state index contributed by atoms with van der Waals surface area (Å²) in [6, 6.07) is 4.82. The molecule has 3 fully saturated rings. The number of aliphatic hydroxyl groups is 1. The number of thioether (sulfide) groups is 1. The average molecular weight is 536 g/mol. The highest BCUT2D eigenvalue weighted by atomic mass is 35.5. The van der Waals surface area contributed by atoms with Gasteiger partial charge in [0.15, 0.2) is 0 Å². The minimum atomic E-state index is -0.669. The number of amides is 3. The van der Waals surface area contributed by atoms with Crippen molar-refractivity contribution in [1.29, 1.82) is 0 Å². The first-order valence-electron chi connectivity index (χ1n) is 13.2. The molecular weight excluding hydrogens is 498 g/mol. The number of nitrogens with zero attached hydrogens (tertiary/aromatic N) is 1. The van der Waals surface area contributed by atoms with E-state index in [9.17, 15) is 14.4 Å². The smallest absolute Gasteiger partial charge is 0.248 e. The number of aliphatic hydroxyl groups excluding tert-OH is 1. The van der Waals surface area contributed by atoms with E-state index in [4.69, 9.17) is 16.7 Å². The second kappa shape index (κ2) is 11.3. The van der Waals surface area contributed by atoms with Crippen molar-refractivity contribution in [3.8, 4) is 0 Å². The van der Waals surface area contributed by atoms with Crippen molar-refractivity contribution in [2.75, 3.05) is 25.0 Å². The lowest BCUT2D eigenvalue weighted by molar-refractivity contribution is -0.139. The zero-order valence-corrected chi connectivity index (χ0v) is 23.0. The van der Waals surface area contributed by atoms with Gasteiger partial charge in [0.25, 0.3) is 0 Å². The molecule has 6 atom stereocenters. The van der Waals surface area contributed by atoms with E-state index in [-0.39, 0.29) is 35.5 Å². The maximum atomic E-state index is 14.0. The molecule has 0 aromatic heterocycles. The summed E-state index contributed by atoms with van der Waals surface area (Å²) in [7, 11) is 0. The van der Waals surface area contributed by atoms with E-state index in [1.165, 1.54) is 0 Å². The van der Waals surface area contributed by atoms with Gasteiger partial charge in [0.1, 0.15) is 6.04 Å². The first-order chi connectivity index (χ1) is 17.3. The van der Waals surface area contributed by atoms with Crippen LogP contribution in [0.25, 0.3) is 0 Å². The van der Waals surface area contributed by atoms with Crippen molar-refractivity contribution in [3.05, 3.63) is 28.8 Å². The number of anilines is 1. The van der Waals surface area contributed by atoms with Crippen molar-refractivity contribution in [2.45, 2.75) is 75.3 Å². The predicted octanol–water partition coefficient (Wildman–Crippen LogP) is 4.00. The third kappa shape index (κ3) is 4.65. The number of hydrogen-bond acceptors (Lipinski definition) is 5. The number of benzene rings is 1. The third-order valence-electron chi connectivity index (χ3n) is 8.12. The Morgan fingerprint density at radius 1 is 1.22 bits per heavy atom. The number of fused-ring (bicyclic) bond motifs is 1. The van der Waals surface area contributed by atoms with Gasteiger partial charge >= 0.3 is 0 Å². The van der Waals surface area contributed by atoms with Crippen LogP contribution >= 0.6 is 23.4 Å². The maximum absolute atomic E-state index is 14.0. The monoisotopic (exact) mass is 535 g/mol. The molecule has 3 amide bonds. The summed E-state index contributed by atoms with van der Waals surface area (Å²) >= 11 is 8.12. The van der Waals surface area contributed by atoms with Crippen LogP contribution in [0.15, 0.2) is 18.2 Å². The van der Waals surface area contributed by atoms with Crippen molar-refractivity contribution in [1.82, 2.24) is 10.2 Å². The number of nitrogens with one attached hydrogen (secondary N) is 2. The molecule has 36 heavy (non-hydrogen) atoms. The topological polar surface area (TPSA) is 98.7 Å². The van der Waals surface area contributed by atoms with Crippen molar-refractivity contribution < 1.29 is 19.5 Å². The molecule has 2 bridgehead atoms. The fourth-order valence-electron chi connectivity index (χ4n) is 6.46. The van der Waals surface area contributed by atoms with Gasteiger partial charge in [-0.25, -0.2) is 0 Å². The maximum Gasteiger partial charge on any atom is 0.248 e. The number of aryl methyl sites for hydroxylation is 1. The average Bonchev–Trinajstić information content (AvgIpc) is 3.43. The predicted molar refractivity (Wildman–Crippen MR) is 144 cm³/mol. The van der Waals surface area contributed by atoms with Crippen LogP contribution in [0, 0.1) is 24.7 Å². The van der Waals surface area contributed by atoms with Gasteiger partial charge < -0.3 is 20.6 Å². The molecule has 198 valence electrons. The number of likely N-dealkylation sites (tertiary alicyclic amines) is 1. The summed E-state index contributed by atoms with van der Waals surface area (Å²) in [5.74, 6) is -1.17. The molecule has 0 aliphatic carbocycles. The summed E-state index contributed by atoms with van der Waals surface area (Å²) in [5.41, 5.74) is 1.43. The molecular formula is C27H38ClN3O4S. The van der Waals surface area contributed by atoms with E-state index in [0.717, 1.165) is 44.1 Å². The first-order valence-corrected chi connectivity index (χ1v) is 14.5. The molecule has 0 saturated carbocycles. The van der Waals surface area contributed by atoms with Crippen LogP contribution in [0.1, 0.15) is 57.9 Å². The van der Waals surface area contributed by atoms with Crippen molar-refractivity contribution in [3.63, 3.8) is 0 Å². The second-order valence-corrected chi connectivity index (χ2v) is 12.4. The van der Waals surface area contributed by atoms with E-state index < -0.39 is 22.6 Å². The van der Waals surface area contributed by atoms with E-state index in [1.54, 1.807) is 22.7 Å². The zero-order valence-electron chi connectivity index (χ0n) is 21.4. The zero-order chi connectivity index (χ0) is 26.0. The van der Waals surface area contributed by atoms with Gasteiger partial charge in [-0.2, -0.15) is 0 Å². The van der Waals surface area contributed by atoms with Gasteiger partial charge in [0, 0.05) is 24.9 Å². The Kier molecular flexibility index (Phi) is 8.57. The number of carbonyl (C=O) groups is 3. The molecule has 3 heterocycles. The Morgan fingerprint density at radius 3 is 2.67 bits per heavy atom. The molecule has 3 unspecified atom stereocenters. The van der Waals surface area contributed by atoms with Gasteiger partial charge in [0.05, 0.1) is 27.3 Å².